The second kappa shape index (κ2) is 11.8. The van der Waals surface area contributed by atoms with Crippen molar-refractivity contribution in [2.75, 3.05) is 43.4 Å². The lowest BCUT2D eigenvalue weighted by Gasteiger charge is -2.34. The SMILES string of the molecule is C=Cc1ccc(=O)n(Cc2ccccc2OC(F)F)c1N=C(C)Nc1ccc(N2CCN(C)CC2)cc1. The Bertz CT molecular complexity index is 1310. The number of hydrogen-bond donors (Lipinski definition) is 1. The minimum Gasteiger partial charge on any atom is -0.434 e. The largest absolute Gasteiger partial charge is 0.434 e. The van der Waals surface area contributed by atoms with E-state index < -0.39 is 6.61 Å². The van der Waals surface area contributed by atoms with Crippen LogP contribution in [0.4, 0.5) is 26.0 Å². The second-order valence-corrected chi connectivity index (χ2v) is 8.89. The molecule has 9 heteroatoms. The predicted octanol–water partition coefficient (Wildman–Crippen LogP) is 5.05. The third-order valence-electron chi connectivity index (χ3n) is 6.26. The zero-order valence-electron chi connectivity index (χ0n) is 21.0. The molecule has 0 unspecified atom stereocenters. The Labute approximate surface area is 215 Å². The van der Waals surface area contributed by atoms with Gasteiger partial charge in [0.1, 0.15) is 17.4 Å². The fourth-order valence-corrected chi connectivity index (χ4v) is 4.25. The number of amidine groups is 1. The van der Waals surface area contributed by atoms with Crippen LogP contribution in [-0.2, 0) is 6.54 Å². The molecule has 1 aliphatic heterocycles. The lowest BCUT2D eigenvalue weighted by Crippen LogP contribution is -2.44. The number of rotatable bonds is 8. The number of aliphatic imine (C=N–C) groups is 1. The van der Waals surface area contributed by atoms with Crippen LogP contribution in [0.2, 0.25) is 0 Å². The Morgan fingerprint density at radius 3 is 2.46 bits per heavy atom. The molecule has 2 aromatic carbocycles. The van der Waals surface area contributed by atoms with E-state index in [1.807, 2.05) is 12.1 Å². The van der Waals surface area contributed by atoms with Gasteiger partial charge in [0.25, 0.3) is 5.56 Å². The highest BCUT2D eigenvalue weighted by Gasteiger charge is 2.15. The summed E-state index contributed by atoms with van der Waals surface area (Å²) in [5, 5.41) is 3.28. The smallest absolute Gasteiger partial charge is 0.387 e. The van der Waals surface area contributed by atoms with Crippen LogP contribution >= 0.6 is 0 Å². The molecule has 1 aliphatic rings. The quantitative estimate of drug-likeness (QED) is 0.341. The highest BCUT2D eigenvalue weighted by molar-refractivity contribution is 5.95. The molecule has 4 rings (SSSR count). The van der Waals surface area contributed by atoms with Crippen LogP contribution in [-0.4, -0.2) is 55.1 Å². The fourth-order valence-electron chi connectivity index (χ4n) is 4.25. The number of nitrogens with one attached hydrogen (secondary N) is 1. The summed E-state index contributed by atoms with van der Waals surface area (Å²) < 4.78 is 31.9. The van der Waals surface area contributed by atoms with Crippen LogP contribution in [0.15, 0.2) is 77.0 Å². The first-order valence-corrected chi connectivity index (χ1v) is 12.1. The van der Waals surface area contributed by atoms with Crippen molar-refractivity contribution >= 4 is 29.1 Å². The Balaban J connectivity index is 1.58. The van der Waals surface area contributed by atoms with Crippen molar-refractivity contribution in [1.82, 2.24) is 9.47 Å². The molecule has 0 atom stereocenters. The maximum Gasteiger partial charge on any atom is 0.387 e. The van der Waals surface area contributed by atoms with Gasteiger partial charge in [-0.15, -0.1) is 0 Å². The van der Waals surface area contributed by atoms with Crippen molar-refractivity contribution < 1.29 is 13.5 Å². The average Bonchev–Trinajstić information content (AvgIpc) is 2.88. The fraction of sp³-hybridized carbons (Fsp3) is 0.286. The van der Waals surface area contributed by atoms with Gasteiger partial charge in [-0.2, -0.15) is 8.78 Å². The number of benzene rings is 2. The van der Waals surface area contributed by atoms with E-state index in [-0.39, 0.29) is 17.9 Å². The number of hydrogen-bond acceptors (Lipinski definition) is 5. The number of ether oxygens (including phenoxy) is 1. The third kappa shape index (κ3) is 6.62. The number of piperazine rings is 1. The summed E-state index contributed by atoms with van der Waals surface area (Å²) in [6, 6.07) is 17.6. The van der Waals surface area contributed by atoms with Crippen molar-refractivity contribution in [3.05, 3.63) is 88.7 Å². The topological polar surface area (TPSA) is 62.1 Å². The number of halogens is 2. The van der Waals surface area contributed by atoms with Crippen LogP contribution in [0.3, 0.4) is 0 Å². The number of aromatic nitrogens is 1. The molecule has 0 radical (unpaired) electrons. The number of likely N-dealkylation sites (N-methyl/N-ethyl adjacent to an activating group) is 1. The molecule has 0 saturated carbocycles. The van der Waals surface area contributed by atoms with Gasteiger partial charge in [0, 0.05) is 54.7 Å². The summed E-state index contributed by atoms with van der Waals surface area (Å²) in [6.45, 7) is 6.74. The van der Waals surface area contributed by atoms with Gasteiger partial charge in [-0.05, 0) is 50.4 Å². The van der Waals surface area contributed by atoms with E-state index >= 15 is 0 Å². The van der Waals surface area contributed by atoms with Crippen LogP contribution in [0.5, 0.6) is 5.75 Å². The molecule has 1 N–H and O–H groups in total. The molecule has 0 bridgehead atoms. The normalized spacial score (nSPS) is 14.6. The first-order chi connectivity index (χ1) is 17.8. The van der Waals surface area contributed by atoms with Gasteiger partial charge in [0.05, 0.1) is 6.54 Å². The van der Waals surface area contributed by atoms with Gasteiger partial charge in [-0.1, -0.05) is 30.9 Å². The minimum absolute atomic E-state index is 0.00917. The number of nitrogens with zero attached hydrogens (tertiary/aromatic N) is 4. The van der Waals surface area contributed by atoms with Crippen LogP contribution in [0.1, 0.15) is 18.1 Å². The molecule has 1 aromatic heterocycles. The number of pyridine rings is 1. The van der Waals surface area contributed by atoms with Gasteiger partial charge >= 0.3 is 6.61 Å². The van der Waals surface area contributed by atoms with Crippen molar-refractivity contribution in [3.63, 3.8) is 0 Å². The summed E-state index contributed by atoms with van der Waals surface area (Å²) in [5.74, 6) is 0.943. The lowest BCUT2D eigenvalue weighted by molar-refractivity contribution is -0.0504. The lowest BCUT2D eigenvalue weighted by atomic mass is 10.2. The van der Waals surface area contributed by atoms with Gasteiger partial charge in [0.2, 0.25) is 0 Å². The second-order valence-electron chi connectivity index (χ2n) is 8.89. The summed E-state index contributed by atoms with van der Waals surface area (Å²) in [4.78, 5) is 22.2. The molecule has 1 fully saturated rings. The first kappa shape index (κ1) is 26.1. The zero-order valence-corrected chi connectivity index (χ0v) is 21.0. The summed E-state index contributed by atoms with van der Waals surface area (Å²) in [6.07, 6.45) is 1.61. The average molecular weight is 508 g/mol. The standard InChI is InChI=1S/C28H31F2N5O2/c1-4-21-9-14-26(36)35(19-22-7-5-6-8-25(22)37-28(29)30)27(21)32-20(2)31-23-10-12-24(13-11-23)34-17-15-33(3)16-18-34/h4-14,28H,1,15-19H2,2-3H3,(H,31,32). The molecule has 194 valence electrons. The molecule has 0 spiro atoms. The summed E-state index contributed by atoms with van der Waals surface area (Å²) in [5.41, 5.74) is 2.79. The van der Waals surface area contributed by atoms with Crippen molar-refractivity contribution in [3.8, 4) is 5.75 Å². The third-order valence-corrected chi connectivity index (χ3v) is 6.26. The number of alkyl halides is 2. The molecular weight excluding hydrogens is 476 g/mol. The number of anilines is 2. The molecule has 3 aromatic rings. The maximum absolute atomic E-state index is 12.9. The Kier molecular flexibility index (Phi) is 8.35. The van der Waals surface area contributed by atoms with Crippen molar-refractivity contribution in [2.24, 2.45) is 4.99 Å². The molecular formula is C28H31F2N5O2. The van der Waals surface area contributed by atoms with E-state index in [0.717, 1.165) is 31.9 Å². The van der Waals surface area contributed by atoms with E-state index in [0.29, 0.717) is 22.8 Å². The molecule has 2 heterocycles. The molecule has 37 heavy (non-hydrogen) atoms. The van der Waals surface area contributed by atoms with Gasteiger partial charge in [-0.25, -0.2) is 4.99 Å². The molecule has 0 amide bonds. The maximum atomic E-state index is 12.9. The minimum atomic E-state index is -2.97. The van der Waals surface area contributed by atoms with Gasteiger partial charge < -0.3 is 19.9 Å². The van der Waals surface area contributed by atoms with E-state index in [2.05, 4.69) is 50.6 Å². The highest BCUT2D eigenvalue weighted by Crippen LogP contribution is 2.26. The van der Waals surface area contributed by atoms with Crippen molar-refractivity contribution in [2.45, 2.75) is 20.1 Å². The van der Waals surface area contributed by atoms with Crippen LogP contribution in [0.25, 0.3) is 6.08 Å². The molecule has 7 nitrogen and oxygen atoms in total. The van der Waals surface area contributed by atoms with E-state index in [9.17, 15) is 13.6 Å². The number of para-hydroxylation sites is 1. The van der Waals surface area contributed by atoms with Crippen molar-refractivity contribution in [1.29, 1.82) is 0 Å². The van der Waals surface area contributed by atoms with E-state index in [1.54, 1.807) is 37.3 Å². The van der Waals surface area contributed by atoms with Crippen LogP contribution in [0, 0.1) is 0 Å². The summed E-state index contributed by atoms with van der Waals surface area (Å²) in [7, 11) is 2.13. The molecule has 0 aliphatic carbocycles. The molecule has 1 saturated heterocycles. The van der Waals surface area contributed by atoms with Gasteiger partial charge in [-0.3, -0.25) is 9.36 Å². The van der Waals surface area contributed by atoms with E-state index in [1.165, 1.54) is 22.4 Å². The predicted molar refractivity (Wildman–Crippen MR) is 146 cm³/mol. The Morgan fingerprint density at radius 2 is 1.78 bits per heavy atom. The monoisotopic (exact) mass is 507 g/mol. The highest BCUT2D eigenvalue weighted by atomic mass is 19.3. The Morgan fingerprint density at radius 1 is 1.08 bits per heavy atom. The zero-order chi connectivity index (χ0) is 26.4. The summed E-state index contributed by atoms with van der Waals surface area (Å²) >= 11 is 0. The van der Waals surface area contributed by atoms with E-state index in [4.69, 9.17) is 0 Å². The first-order valence-electron chi connectivity index (χ1n) is 12.1. The van der Waals surface area contributed by atoms with Crippen LogP contribution < -0.4 is 20.5 Å². The Hall–Kier alpha value is -3.98. The van der Waals surface area contributed by atoms with Gasteiger partial charge in [0.15, 0.2) is 0 Å².